The van der Waals surface area contributed by atoms with Gasteiger partial charge in [-0.1, -0.05) is 31.4 Å². The first-order chi connectivity index (χ1) is 23.2. The van der Waals surface area contributed by atoms with Gasteiger partial charge in [0.25, 0.3) is 5.91 Å². The molecule has 0 spiro atoms. The van der Waals surface area contributed by atoms with Gasteiger partial charge in [0.15, 0.2) is 0 Å². The fraction of sp³-hybridized carbons (Fsp3) is 0.788. The van der Waals surface area contributed by atoms with Crippen LogP contribution in [-0.4, -0.2) is 104 Å². The minimum absolute atomic E-state index is 0.0602. The molecule has 5 aliphatic rings. The van der Waals surface area contributed by atoms with Gasteiger partial charge < -0.3 is 35.1 Å². The molecule has 4 N–H and O–H groups in total. The zero-order chi connectivity index (χ0) is 35.4. The molecule has 0 radical (unpaired) electrons. The SMILES string of the molecule is CC(C)(C)OC(=O)N[C@H]1CCCOC/C=C\[C@H]2C[C@@]2(C(=O)NS(=O)(=O)C2CC2)NC(=O)[C@@H]2C[C@@H](OC(=O)NCC3CCCCC3)CN2C1=O. The summed E-state index contributed by atoms with van der Waals surface area (Å²) in [7, 11) is -3.91. The van der Waals surface area contributed by atoms with Crippen LogP contribution in [0.2, 0.25) is 0 Å². The molecule has 1 saturated heterocycles. The Balaban J connectivity index is 1.36. The van der Waals surface area contributed by atoms with Crippen molar-refractivity contribution in [2.24, 2.45) is 11.8 Å². The summed E-state index contributed by atoms with van der Waals surface area (Å²) >= 11 is 0. The Morgan fingerprint density at radius 3 is 2.47 bits per heavy atom. The predicted molar refractivity (Wildman–Crippen MR) is 176 cm³/mol. The Kier molecular flexibility index (Phi) is 11.5. The van der Waals surface area contributed by atoms with E-state index in [-0.39, 0.29) is 39.0 Å². The van der Waals surface area contributed by atoms with Gasteiger partial charge in [0.1, 0.15) is 29.3 Å². The fourth-order valence-corrected chi connectivity index (χ4v) is 8.19. The third-order valence-electron chi connectivity index (χ3n) is 9.70. The van der Waals surface area contributed by atoms with Crippen molar-refractivity contribution >= 4 is 39.9 Å². The maximum absolute atomic E-state index is 14.2. The van der Waals surface area contributed by atoms with E-state index < -0.39 is 80.4 Å². The Bertz CT molecular complexity index is 1400. The van der Waals surface area contributed by atoms with Gasteiger partial charge in [-0.2, -0.15) is 0 Å². The summed E-state index contributed by atoms with van der Waals surface area (Å²) in [6.07, 6.45) is 8.14. The number of alkyl carbamates (subject to hydrolysis) is 2. The number of carbonyl (C=O) groups is 5. The first kappa shape index (κ1) is 36.9. The first-order valence-corrected chi connectivity index (χ1v) is 19.1. The predicted octanol–water partition coefficient (Wildman–Crippen LogP) is 2.01. The van der Waals surface area contributed by atoms with Crippen LogP contribution in [0.15, 0.2) is 12.2 Å². The molecule has 274 valence electrons. The van der Waals surface area contributed by atoms with Gasteiger partial charge in [0, 0.05) is 25.5 Å². The smallest absolute Gasteiger partial charge is 0.408 e. The van der Waals surface area contributed by atoms with Crippen LogP contribution in [0.1, 0.15) is 91.4 Å². The van der Waals surface area contributed by atoms with Crippen LogP contribution >= 0.6 is 0 Å². The Labute approximate surface area is 288 Å². The Morgan fingerprint density at radius 2 is 1.78 bits per heavy atom. The van der Waals surface area contributed by atoms with Gasteiger partial charge in [0.05, 0.1) is 18.4 Å². The van der Waals surface area contributed by atoms with Crippen molar-refractivity contribution in [2.45, 2.75) is 126 Å². The summed E-state index contributed by atoms with van der Waals surface area (Å²) in [5.74, 6) is -2.27. The lowest BCUT2D eigenvalue weighted by molar-refractivity contribution is -0.141. The molecular weight excluding hydrogens is 658 g/mol. The van der Waals surface area contributed by atoms with Crippen molar-refractivity contribution in [1.29, 1.82) is 0 Å². The summed E-state index contributed by atoms with van der Waals surface area (Å²) in [5, 5.41) is 7.58. The third kappa shape index (κ3) is 9.86. The van der Waals surface area contributed by atoms with Crippen LogP contribution in [-0.2, 0) is 38.6 Å². The number of sulfonamides is 1. The Hall–Kier alpha value is -3.40. The maximum Gasteiger partial charge on any atom is 0.408 e. The number of rotatable bonds is 7. The molecule has 0 unspecified atom stereocenters. The summed E-state index contributed by atoms with van der Waals surface area (Å²) in [6.45, 7) is 5.88. The molecule has 5 rings (SSSR count). The van der Waals surface area contributed by atoms with Crippen molar-refractivity contribution in [1.82, 2.24) is 25.6 Å². The molecular formula is C33H51N5O10S. The molecule has 0 bridgehead atoms. The zero-order valence-corrected chi connectivity index (χ0v) is 29.5. The van der Waals surface area contributed by atoms with Crippen LogP contribution < -0.4 is 20.7 Å². The summed E-state index contributed by atoms with van der Waals surface area (Å²) in [5.41, 5.74) is -2.39. The monoisotopic (exact) mass is 709 g/mol. The molecule has 3 aliphatic carbocycles. The average Bonchev–Trinajstić information content (AvgIpc) is 3.95. The van der Waals surface area contributed by atoms with E-state index >= 15 is 0 Å². The molecule has 2 aliphatic heterocycles. The molecule has 3 saturated carbocycles. The van der Waals surface area contributed by atoms with E-state index in [9.17, 15) is 32.4 Å². The van der Waals surface area contributed by atoms with Gasteiger partial charge in [0.2, 0.25) is 21.8 Å². The van der Waals surface area contributed by atoms with E-state index in [1.165, 1.54) is 11.3 Å². The van der Waals surface area contributed by atoms with E-state index in [2.05, 4.69) is 20.7 Å². The number of nitrogens with one attached hydrogen (secondary N) is 4. The van der Waals surface area contributed by atoms with Crippen molar-refractivity contribution in [3.05, 3.63) is 12.2 Å². The van der Waals surface area contributed by atoms with Crippen molar-refractivity contribution in [2.75, 3.05) is 26.3 Å². The molecule has 0 aromatic carbocycles. The van der Waals surface area contributed by atoms with Crippen LogP contribution in [0.4, 0.5) is 9.59 Å². The Morgan fingerprint density at radius 1 is 1.04 bits per heavy atom. The zero-order valence-electron chi connectivity index (χ0n) is 28.7. The largest absolute Gasteiger partial charge is 0.444 e. The average molecular weight is 710 g/mol. The minimum Gasteiger partial charge on any atom is -0.444 e. The number of hydrogen-bond donors (Lipinski definition) is 4. The second-order valence-electron chi connectivity index (χ2n) is 14.9. The molecule has 2 heterocycles. The van der Waals surface area contributed by atoms with Gasteiger partial charge >= 0.3 is 12.2 Å². The second kappa shape index (κ2) is 15.2. The number of nitrogens with zero attached hydrogens (tertiary/aromatic N) is 1. The van der Waals surface area contributed by atoms with E-state index in [4.69, 9.17) is 14.2 Å². The highest BCUT2D eigenvalue weighted by atomic mass is 32.2. The fourth-order valence-electron chi connectivity index (χ4n) is 6.82. The quantitative estimate of drug-likeness (QED) is 0.284. The molecule has 49 heavy (non-hydrogen) atoms. The summed E-state index contributed by atoms with van der Waals surface area (Å²) in [4.78, 5) is 68.6. The van der Waals surface area contributed by atoms with E-state index in [1.54, 1.807) is 32.9 Å². The minimum atomic E-state index is -3.91. The van der Waals surface area contributed by atoms with Gasteiger partial charge in [-0.15, -0.1) is 0 Å². The number of carbonyl (C=O) groups excluding carboxylic acids is 5. The van der Waals surface area contributed by atoms with Gasteiger partial charge in [-0.25, -0.2) is 18.0 Å². The molecule has 5 amide bonds. The van der Waals surface area contributed by atoms with E-state index in [0.717, 1.165) is 25.7 Å². The lowest BCUT2D eigenvalue weighted by atomic mass is 9.89. The molecule has 0 aromatic rings. The van der Waals surface area contributed by atoms with Crippen LogP contribution in [0.5, 0.6) is 0 Å². The summed E-state index contributed by atoms with van der Waals surface area (Å²) in [6, 6.07) is -2.27. The lowest BCUT2D eigenvalue weighted by Crippen LogP contribution is -2.58. The number of amides is 5. The van der Waals surface area contributed by atoms with Crippen LogP contribution in [0.25, 0.3) is 0 Å². The first-order valence-electron chi connectivity index (χ1n) is 17.5. The highest BCUT2D eigenvalue weighted by molar-refractivity contribution is 7.91. The topological polar surface area (TPSA) is 199 Å². The molecule has 16 heteroatoms. The van der Waals surface area contributed by atoms with Gasteiger partial charge in [-0.05, 0) is 71.6 Å². The molecule has 0 aromatic heterocycles. The molecule has 5 atom stereocenters. The number of ether oxygens (including phenoxy) is 3. The van der Waals surface area contributed by atoms with Gasteiger partial charge in [-0.3, -0.25) is 19.1 Å². The number of hydrogen-bond acceptors (Lipinski definition) is 10. The normalized spacial score (nSPS) is 30.7. The third-order valence-corrected chi connectivity index (χ3v) is 11.5. The van der Waals surface area contributed by atoms with Crippen molar-refractivity contribution in [3.63, 3.8) is 0 Å². The second-order valence-corrected chi connectivity index (χ2v) is 16.9. The van der Waals surface area contributed by atoms with E-state index in [0.29, 0.717) is 31.7 Å². The molecule has 4 fully saturated rings. The highest BCUT2D eigenvalue weighted by Gasteiger charge is 2.62. The van der Waals surface area contributed by atoms with Crippen LogP contribution in [0, 0.1) is 11.8 Å². The van der Waals surface area contributed by atoms with E-state index in [1.807, 2.05) is 0 Å². The van der Waals surface area contributed by atoms with Crippen molar-refractivity contribution in [3.8, 4) is 0 Å². The standard InChI is InChI=1S/C33H51N5O10S/c1-32(2,3)48-31(43)35-25-12-8-16-46-15-7-11-22-18-33(22,29(41)37-49(44,45)24-13-14-24)36-27(39)26-17-23(20-38(26)28(25)40)47-30(42)34-19-21-9-5-4-6-10-21/h7,11,21-26H,4-6,8-10,12-20H2,1-3H3,(H,34,42)(H,35,43)(H,36,39)(H,37,41)/b11-7-/t22-,23+,25-,26-,33+/m0/s1. The van der Waals surface area contributed by atoms with Crippen LogP contribution in [0.3, 0.4) is 0 Å². The summed E-state index contributed by atoms with van der Waals surface area (Å²) < 4.78 is 44.3. The molecule has 15 nitrogen and oxygen atoms in total. The maximum atomic E-state index is 14.2. The van der Waals surface area contributed by atoms with Crippen molar-refractivity contribution < 1.29 is 46.6 Å². The number of fused-ring (bicyclic) bond motifs is 2. The lowest BCUT2D eigenvalue weighted by Gasteiger charge is -2.30. The highest BCUT2D eigenvalue weighted by Crippen LogP contribution is 2.46.